The van der Waals surface area contributed by atoms with Crippen LogP contribution in [0.3, 0.4) is 0 Å². The lowest BCUT2D eigenvalue weighted by atomic mass is 10.1. The molecule has 0 bridgehead atoms. The van der Waals surface area contributed by atoms with Gasteiger partial charge in [-0.15, -0.1) is 0 Å². The van der Waals surface area contributed by atoms with E-state index in [0.717, 1.165) is 25.6 Å². The highest BCUT2D eigenvalue weighted by atomic mass is 19.4. The Bertz CT molecular complexity index is 690. The van der Waals surface area contributed by atoms with Crippen molar-refractivity contribution in [1.29, 1.82) is 0 Å². The number of hydrogen-bond donors (Lipinski definition) is 0. The van der Waals surface area contributed by atoms with Gasteiger partial charge in [-0.2, -0.15) is 13.2 Å². The lowest BCUT2D eigenvalue weighted by Crippen LogP contribution is -2.34. The van der Waals surface area contributed by atoms with Crippen LogP contribution in [0.4, 0.5) is 19.1 Å². The highest BCUT2D eigenvalue weighted by Crippen LogP contribution is 2.28. The van der Waals surface area contributed by atoms with Gasteiger partial charge in [0.15, 0.2) is 0 Å². The molecule has 1 atom stereocenters. The second-order valence-corrected chi connectivity index (χ2v) is 6.32. The minimum Gasteiger partial charge on any atom is -0.339 e. The largest absolute Gasteiger partial charge is 0.433 e. The Morgan fingerprint density at radius 1 is 1.08 bits per heavy atom. The van der Waals surface area contributed by atoms with E-state index < -0.39 is 11.9 Å². The van der Waals surface area contributed by atoms with Gasteiger partial charge in [-0.25, -0.2) is 9.97 Å². The summed E-state index contributed by atoms with van der Waals surface area (Å²) >= 11 is 0. The van der Waals surface area contributed by atoms with Gasteiger partial charge in [0.05, 0.1) is 0 Å². The van der Waals surface area contributed by atoms with E-state index in [4.69, 9.17) is 0 Å². The molecule has 3 rings (SSSR count). The number of anilines is 1. The fourth-order valence-electron chi connectivity index (χ4n) is 3.02. The standard InChI is InChI=1S/C18H21F3N4/c1-14-8-10-24(17-22-9-7-16(23-17)18(19,20)21)11-12-25(14)13-15-5-3-2-4-6-15/h2-7,9,14H,8,10-13H2,1H3. The van der Waals surface area contributed by atoms with Crippen LogP contribution < -0.4 is 4.90 Å². The van der Waals surface area contributed by atoms with Crippen LogP contribution in [-0.2, 0) is 12.7 Å². The number of alkyl halides is 3. The van der Waals surface area contributed by atoms with Crippen molar-refractivity contribution in [2.45, 2.75) is 32.1 Å². The van der Waals surface area contributed by atoms with Gasteiger partial charge in [0.2, 0.25) is 5.95 Å². The summed E-state index contributed by atoms with van der Waals surface area (Å²) in [7, 11) is 0. The van der Waals surface area contributed by atoms with Gasteiger partial charge in [-0.1, -0.05) is 30.3 Å². The van der Waals surface area contributed by atoms with Crippen molar-refractivity contribution in [1.82, 2.24) is 14.9 Å². The molecule has 2 aromatic rings. The highest BCUT2D eigenvalue weighted by molar-refractivity contribution is 5.31. The zero-order valence-electron chi connectivity index (χ0n) is 14.1. The predicted octanol–water partition coefficient (Wildman–Crippen LogP) is 3.60. The molecule has 0 aliphatic carbocycles. The molecule has 2 heterocycles. The van der Waals surface area contributed by atoms with Crippen LogP contribution in [0.25, 0.3) is 0 Å². The molecule has 0 N–H and O–H groups in total. The summed E-state index contributed by atoms with van der Waals surface area (Å²) in [5.41, 5.74) is 0.342. The Hall–Kier alpha value is -2.15. The van der Waals surface area contributed by atoms with Crippen molar-refractivity contribution in [2.24, 2.45) is 0 Å². The smallest absolute Gasteiger partial charge is 0.339 e. The number of hydrogen-bond acceptors (Lipinski definition) is 4. The monoisotopic (exact) mass is 350 g/mol. The summed E-state index contributed by atoms with van der Waals surface area (Å²) in [6, 6.07) is 11.4. The number of nitrogens with zero attached hydrogens (tertiary/aromatic N) is 4. The minimum atomic E-state index is -4.45. The molecule has 7 heteroatoms. The van der Waals surface area contributed by atoms with Crippen molar-refractivity contribution in [2.75, 3.05) is 24.5 Å². The van der Waals surface area contributed by atoms with Gasteiger partial charge < -0.3 is 4.90 Å². The second-order valence-electron chi connectivity index (χ2n) is 6.32. The average molecular weight is 350 g/mol. The van der Waals surface area contributed by atoms with Gasteiger partial charge in [-0.05, 0) is 25.0 Å². The number of rotatable bonds is 3. The number of benzene rings is 1. The normalized spacial score (nSPS) is 19.7. The van der Waals surface area contributed by atoms with E-state index in [0.29, 0.717) is 19.1 Å². The molecule has 4 nitrogen and oxygen atoms in total. The zero-order valence-corrected chi connectivity index (χ0v) is 14.1. The zero-order chi connectivity index (χ0) is 17.9. The van der Waals surface area contributed by atoms with E-state index in [9.17, 15) is 13.2 Å². The van der Waals surface area contributed by atoms with E-state index in [2.05, 4.69) is 33.9 Å². The summed E-state index contributed by atoms with van der Waals surface area (Å²) in [5.74, 6) is 0.156. The van der Waals surface area contributed by atoms with Crippen LogP contribution in [0, 0.1) is 0 Å². The van der Waals surface area contributed by atoms with Crippen molar-refractivity contribution >= 4 is 5.95 Å². The first-order valence-corrected chi connectivity index (χ1v) is 8.36. The highest BCUT2D eigenvalue weighted by Gasteiger charge is 2.33. The fraction of sp³-hybridized carbons (Fsp3) is 0.444. The number of aromatic nitrogens is 2. The van der Waals surface area contributed by atoms with Crippen molar-refractivity contribution in [3.8, 4) is 0 Å². The van der Waals surface area contributed by atoms with E-state index >= 15 is 0 Å². The van der Waals surface area contributed by atoms with E-state index in [1.807, 2.05) is 23.1 Å². The van der Waals surface area contributed by atoms with E-state index in [1.54, 1.807) is 0 Å². The topological polar surface area (TPSA) is 32.3 Å². The van der Waals surface area contributed by atoms with Crippen LogP contribution in [0.15, 0.2) is 42.6 Å². The first kappa shape index (κ1) is 17.7. The Morgan fingerprint density at radius 3 is 2.56 bits per heavy atom. The summed E-state index contributed by atoms with van der Waals surface area (Å²) < 4.78 is 38.6. The molecular weight excluding hydrogens is 329 g/mol. The van der Waals surface area contributed by atoms with Gasteiger partial charge >= 0.3 is 6.18 Å². The van der Waals surface area contributed by atoms with Crippen molar-refractivity contribution < 1.29 is 13.2 Å². The van der Waals surface area contributed by atoms with Crippen LogP contribution in [-0.4, -0.2) is 40.5 Å². The van der Waals surface area contributed by atoms with Crippen LogP contribution in [0.2, 0.25) is 0 Å². The molecule has 1 unspecified atom stereocenters. The SMILES string of the molecule is CC1CCN(c2nccc(C(F)(F)F)n2)CCN1Cc1ccccc1. The van der Waals surface area contributed by atoms with E-state index in [1.165, 1.54) is 11.8 Å². The molecule has 0 amide bonds. The number of halogens is 3. The summed E-state index contributed by atoms with van der Waals surface area (Å²) in [6.07, 6.45) is -2.41. The summed E-state index contributed by atoms with van der Waals surface area (Å²) in [4.78, 5) is 12.0. The molecular formula is C18H21F3N4. The van der Waals surface area contributed by atoms with Crippen molar-refractivity contribution in [3.63, 3.8) is 0 Å². The molecule has 1 fully saturated rings. The maximum atomic E-state index is 12.9. The summed E-state index contributed by atoms with van der Waals surface area (Å²) in [6.45, 7) is 5.00. The van der Waals surface area contributed by atoms with Crippen LogP contribution in [0.1, 0.15) is 24.6 Å². The van der Waals surface area contributed by atoms with Gasteiger partial charge in [0, 0.05) is 38.4 Å². The lowest BCUT2D eigenvalue weighted by Gasteiger charge is -2.26. The first-order valence-electron chi connectivity index (χ1n) is 8.36. The lowest BCUT2D eigenvalue weighted by molar-refractivity contribution is -0.141. The molecule has 1 aromatic heterocycles. The van der Waals surface area contributed by atoms with Gasteiger partial charge in [-0.3, -0.25) is 4.90 Å². The predicted molar refractivity (Wildman–Crippen MR) is 90.2 cm³/mol. The first-order chi connectivity index (χ1) is 11.9. The molecule has 134 valence electrons. The molecule has 1 saturated heterocycles. The maximum Gasteiger partial charge on any atom is 0.433 e. The average Bonchev–Trinajstić information content (AvgIpc) is 2.78. The third kappa shape index (κ3) is 4.48. The van der Waals surface area contributed by atoms with Gasteiger partial charge in [0.1, 0.15) is 5.69 Å². The van der Waals surface area contributed by atoms with Crippen LogP contribution in [0.5, 0.6) is 0 Å². The van der Waals surface area contributed by atoms with Gasteiger partial charge in [0.25, 0.3) is 0 Å². The minimum absolute atomic E-state index is 0.156. The van der Waals surface area contributed by atoms with Crippen LogP contribution >= 0.6 is 0 Å². The Balaban J connectivity index is 1.70. The Kier molecular flexibility index (Phi) is 5.22. The third-order valence-electron chi connectivity index (χ3n) is 4.54. The molecule has 0 spiro atoms. The Morgan fingerprint density at radius 2 is 1.84 bits per heavy atom. The molecule has 1 aliphatic heterocycles. The molecule has 25 heavy (non-hydrogen) atoms. The third-order valence-corrected chi connectivity index (χ3v) is 4.54. The van der Waals surface area contributed by atoms with E-state index in [-0.39, 0.29) is 5.95 Å². The van der Waals surface area contributed by atoms with Crippen molar-refractivity contribution in [3.05, 3.63) is 53.9 Å². The second kappa shape index (κ2) is 7.39. The molecule has 1 aromatic carbocycles. The Labute approximate surface area is 145 Å². The molecule has 0 radical (unpaired) electrons. The quantitative estimate of drug-likeness (QED) is 0.847. The maximum absolute atomic E-state index is 12.9. The fourth-order valence-corrected chi connectivity index (χ4v) is 3.02. The molecule has 1 aliphatic rings. The summed E-state index contributed by atoms with van der Waals surface area (Å²) in [5, 5.41) is 0. The molecule has 0 saturated carbocycles.